The molecule has 0 bridgehead atoms. The van der Waals surface area contributed by atoms with Gasteiger partial charge in [-0.2, -0.15) is 0 Å². The number of hydrogen-bond donors (Lipinski definition) is 2. The number of ether oxygens (including phenoxy) is 2. The minimum atomic E-state index is -0.375. The molecule has 0 aliphatic heterocycles. The zero-order valence-electron chi connectivity index (χ0n) is 19.0. The number of nitrogens with one attached hydrogen (secondary N) is 2. The third-order valence-electron chi connectivity index (χ3n) is 7.59. The van der Waals surface area contributed by atoms with Gasteiger partial charge < -0.3 is 20.1 Å². The van der Waals surface area contributed by atoms with Crippen LogP contribution in [0.25, 0.3) is 0 Å². The lowest BCUT2D eigenvalue weighted by molar-refractivity contribution is -0.121. The summed E-state index contributed by atoms with van der Waals surface area (Å²) in [4.78, 5) is 24.0. The molecule has 0 aromatic carbocycles. The predicted octanol–water partition coefficient (Wildman–Crippen LogP) is 3.11. The summed E-state index contributed by atoms with van der Waals surface area (Å²) in [6.07, 6.45) is 8.70. The topological polar surface area (TPSA) is 76.7 Å². The Bertz CT molecular complexity index is 753. The normalized spacial score (nSPS) is 31.9. The summed E-state index contributed by atoms with van der Waals surface area (Å²) in [7, 11) is 0. The van der Waals surface area contributed by atoms with Crippen molar-refractivity contribution in [3.8, 4) is 23.7 Å². The van der Waals surface area contributed by atoms with Gasteiger partial charge in [0.2, 0.25) is 5.91 Å². The Balaban J connectivity index is 0.963. The fourth-order valence-electron chi connectivity index (χ4n) is 5.72. The van der Waals surface area contributed by atoms with Crippen molar-refractivity contribution in [3.63, 3.8) is 0 Å². The van der Waals surface area contributed by atoms with E-state index in [1.165, 1.54) is 0 Å². The van der Waals surface area contributed by atoms with Crippen molar-refractivity contribution < 1.29 is 19.1 Å². The van der Waals surface area contributed by atoms with Crippen LogP contribution in [-0.4, -0.2) is 44.9 Å². The number of carbonyl (C=O) groups excluding carboxylic acids is 2. The molecule has 2 amide bonds. The summed E-state index contributed by atoms with van der Waals surface area (Å²) >= 11 is 0. The summed E-state index contributed by atoms with van der Waals surface area (Å²) in [5.41, 5.74) is 0. The summed E-state index contributed by atoms with van der Waals surface area (Å²) < 4.78 is 10.9. The van der Waals surface area contributed by atoms with E-state index in [4.69, 9.17) is 9.47 Å². The average molecular weight is 441 g/mol. The lowest BCUT2D eigenvalue weighted by Crippen LogP contribution is -2.31. The van der Waals surface area contributed by atoms with Crippen LogP contribution >= 0.6 is 0 Å². The van der Waals surface area contributed by atoms with Crippen molar-refractivity contribution in [1.29, 1.82) is 0 Å². The van der Waals surface area contributed by atoms with E-state index in [2.05, 4.69) is 34.3 Å². The Hall–Kier alpha value is -2.18. The Morgan fingerprint density at radius 3 is 1.78 bits per heavy atom. The maximum absolute atomic E-state index is 12.2. The molecule has 2 N–H and O–H groups in total. The molecule has 0 aromatic heterocycles. The summed E-state index contributed by atoms with van der Waals surface area (Å²) in [5, 5.41) is 5.69. The molecule has 6 heteroatoms. The van der Waals surface area contributed by atoms with Crippen LogP contribution in [0.15, 0.2) is 0 Å². The van der Waals surface area contributed by atoms with E-state index in [1.807, 2.05) is 0 Å². The molecule has 0 spiro atoms. The molecule has 4 rings (SSSR count). The zero-order chi connectivity index (χ0) is 22.2. The van der Waals surface area contributed by atoms with Crippen LogP contribution in [0, 0.1) is 59.2 Å². The van der Waals surface area contributed by atoms with E-state index < -0.39 is 0 Å². The van der Waals surface area contributed by atoms with Crippen LogP contribution in [-0.2, 0) is 14.3 Å². The highest BCUT2D eigenvalue weighted by molar-refractivity contribution is 5.76. The Morgan fingerprint density at radius 1 is 0.719 bits per heavy atom. The first-order chi connectivity index (χ1) is 15.7. The molecule has 2 unspecified atom stereocenters. The van der Waals surface area contributed by atoms with Gasteiger partial charge in [0, 0.05) is 45.2 Å². The molecule has 2 fully saturated rings. The van der Waals surface area contributed by atoms with Gasteiger partial charge in [0.25, 0.3) is 0 Å². The Kier molecular flexibility index (Phi) is 8.35. The van der Waals surface area contributed by atoms with E-state index in [-0.39, 0.29) is 12.0 Å². The van der Waals surface area contributed by atoms with Crippen LogP contribution in [0.1, 0.15) is 57.8 Å². The number of rotatable bonds is 10. The lowest BCUT2D eigenvalue weighted by Gasteiger charge is -2.08. The van der Waals surface area contributed by atoms with Crippen LogP contribution in [0.3, 0.4) is 0 Å². The average Bonchev–Trinajstić information content (AvgIpc) is 3.59. The minimum absolute atomic E-state index is 0.117. The fraction of sp³-hybridized carbons (Fsp3) is 0.769. The van der Waals surface area contributed by atoms with Gasteiger partial charge in [-0.05, 0) is 61.2 Å². The molecule has 4 aliphatic carbocycles. The molecule has 0 radical (unpaired) electrons. The maximum Gasteiger partial charge on any atom is 0.407 e. The van der Waals surface area contributed by atoms with Crippen LogP contribution in [0.5, 0.6) is 0 Å². The van der Waals surface area contributed by atoms with Crippen molar-refractivity contribution in [2.24, 2.45) is 35.5 Å². The molecule has 6 atom stereocenters. The molecule has 0 saturated heterocycles. The highest BCUT2D eigenvalue weighted by Crippen LogP contribution is 2.54. The molecule has 174 valence electrons. The molecule has 0 aromatic rings. The highest BCUT2D eigenvalue weighted by Gasteiger charge is 2.50. The van der Waals surface area contributed by atoms with Crippen molar-refractivity contribution >= 4 is 12.0 Å². The Morgan fingerprint density at radius 2 is 1.22 bits per heavy atom. The fourth-order valence-corrected chi connectivity index (χ4v) is 5.72. The monoisotopic (exact) mass is 440 g/mol. The first-order valence-corrected chi connectivity index (χ1v) is 12.4. The molecular formula is C26H36N2O4. The smallest absolute Gasteiger partial charge is 0.407 e. The van der Waals surface area contributed by atoms with Gasteiger partial charge in [-0.3, -0.25) is 4.79 Å². The van der Waals surface area contributed by atoms with Crippen molar-refractivity contribution in [3.05, 3.63) is 0 Å². The molecule has 4 aliphatic rings. The van der Waals surface area contributed by atoms with Gasteiger partial charge in [-0.15, -0.1) is 23.7 Å². The molecule has 32 heavy (non-hydrogen) atoms. The first kappa shape index (κ1) is 23.0. The number of alkyl carbamates (subject to hydrolysis) is 1. The van der Waals surface area contributed by atoms with Gasteiger partial charge in [0.05, 0.1) is 19.8 Å². The van der Waals surface area contributed by atoms with Crippen LogP contribution < -0.4 is 10.6 Å². The largest absolute Gasteiger partial charge is 0.449 e. The van der Waals surface area contributed by atoms with E-state index in [0.717, 1.165) is 51.4 Å². The highest BCUT2D eigenvalue weighted by atomic mass is 16.5. The van der Waals surface area contributed by atoms with E-state index >= 15 is 0 Å². The molecule has 0 heterocycles. The minimum Gasteiger partial charge on any atom is -0.449 e. The van der Waals surface area contributed by atoms with Gasteiger partial charge in [-0.1, -0.05) is 0 Å². The second-order valence-corrected chi connectivity index (χ2v) is 9.54. The van der Waals surface area contributed by atoms with Crippen molar-refractivity contribution in [2.45, 2.75) is 57.8 Å². The van der Waals surface area contributed by atoms with Gasteiger partial charge in [0.1, 0.15) is 0 Å². The predicted molar refractivity (Wildman–Crippen MR) is 121 cm³/mol. The molecule has 2 saturated carbocycles. The lowest BCUT2D eigenvalue weighted by atomic mass is 10.1. The van der Waals surface area contributed by atoms with Gasteiger partial charge in [0.15, 0.2) is 0 Å². The number of hydrogen-bond acceptors (Lipinski definition) is 4. The first-order valence-electron chi connectivity index (χ1n) is 12.4. The molecular weight excluding hydrogens is 404 g/mol. The van der Waals surface area contributed by atoms with Gasteiger partial charge >= 0.3 is 6.09 Å². The van der Waals surface area contributed by atoms with E-state index in [1.54, 1.807) is 0 Å². The van der Waals surface area contributed by atoms with Crippen molar-refractivity contribution in [2.75, 3.05) is 32.9 Å². The Labute approximate surface area is 191 Å². The van der Waals surface area contributed by atoms with E-state index in [0.29, 0.717) is 74.8 Å². The summed E-state index contributed by atoms with van der Waals surface area (Å²) in [5.74, 6) is 16.7. The zero-order valence-corrected chi connectivity index (χ0v) is 19.0. The summed E-state index contributed by atoms with van der Waals surface area (Å²) in [6, 6.07) is 0. The third-order valence-corrected chi connectivity index (χ3v) is 7.59. The SMILES string of the molecule is O=C(CC1[C@H]2CCC#CCC[C@@H]12)NCCOCCNC(=O)OCC1[C@H]2CCC#CCC[C@@H]12. The van der Waals surface area contributed by atoms with Crippen LogP contribution in [0.4, 0.5) is 4.79 Å². The number of amides is 2. The van der Waals surface area contributed by atoms with Gasteiger partial charge in [-0.25, -0.2) is 4.79 Å². The van der Waals surface area contributed by atoms with Crippen LogP contribution in [0.2, 0.25) is 0 Å². The van der Waals surface area contributed by atoms with Crippen molar-refractivity contribution in [1.82, 2.24) is 10.6 Å². The second-order valence-electron chi connectivity index (χ2n) is 9.54. The third kappa shape index (κ3) is 6.66. The second kappa shape index (κ2) is 11.6. The maximum atomic E-state index is 12.2. The number of fused-ring (bicyclic) bond motifs is 2. The molecule has 6 nitrogen and oxygen atoms in total. The summed E-state index contributed by atoms with van der Waals surface area (Å²) in [6.45, 7) is 2.27. The van der Waals surface area contributed by atoms with E-state index in [9.17, 15) is 9.59 Å². The quantitative estimate of drug-likeness (QED) is 0.404. The standard InChI is InChI=1S/C26H36N2O4/c29-25(17-23-19-9-5-1-2-6-10-20(19)23)27-13-15-31-16-14-28-26(30)32-18-24-21-11-7-3-4-8-12-22(21)24/h19-24H,5-18H2,(H,27,29)(H,28,30)/t19-,20+,21-,22+,23?,24?. The number of carbonyl (C=O) groups is 2.